The van der Waals surface area contributed by atoms with Gasteiger partial charge in [0.25, 0.3) is 0 Å². The van der Waals surface area contributed by atoms with Gasteiger partial charge in [-0.25, -0.2) is 4.79 Å². The van der Waals surface area contributed by atoms with Gasteiger partial charge in [-0.3, -0.25) is 19.2 Å². The zero-order chi connectivity index (χ0) is 31.5. The molecule has 240 valence electrons. The molecule has 0 aromatic carbocycles. The lowest BCUT2D eigenvalue weighted by molar-refractivity contribution is -0.170. The third-order valence-electron chi connectivity index (χ3n) is 5.41. The first kappa shape index (κ1) is 42.2. The summed E-state index contributed by atoms with van der Waals surface area (Å²) in [4.78, 5) is 57.5. The summed E-state index contributed by atoms with van der Waals surface area (Å²) in [6.07, 6.45) is 4.90. The predicted molar refractivity (Wildman–Crippen MR) is 174 cm³/mol. The van der Waals surface area contributed by atoms with Gasteiger partial charge in [0.05, 0.1) is 32.3 Å². The quantitative estimate of drug-likeness (QED) is 0.0624. The summed E-state index contributed by atoms with van der Waals surface area (Å²) < 4.78 is 25.7. The maximum Gasteiger partial charge on any atom is 0.364 e. The third kappa shape index (κ3) is 25.3. The van der Waals surface area contributed by atoms with Crippen LogP contribution in [-0.2, 0) is 42.9 Å². The fourth-order valence-electron chi connectivity index (χ4n) is 2.93. The molecule has 0 rings (SSSR count). The Hall–Kier alpha value is -0.900. The average Bonchev–Trinajstić information content (AvgIpc) is 2.93. The summed E-state index contributed by atoms with van der Waals surface area (Å²) >= 11 is 19.4. The van der Waals surface area contributed by atoms with Gasteiger partial charge in [-0.2, -0.15) is 50.5 Å². The Labute approximate surface area is 271 Å². The Morgan fingerprint density at radius 3 is 1.20 bits per heavy atom. The normalized spacial score (nSPS) is 11.4. The van der Waals surface area contributed by atoms with E-state index in [0.29, 0.717) is 12.5 Å². The number of carbonyl (C=O) groups excluding carboxylic acids is 5. The van der Waals surface area contributed by atoms with Crippen LogP contribution in [0.4, 0.5) is 4.79 Å². The molecule has 0 N–H and O–H groups in total. The van der Waals surface area contributed by atoms with Crippen molar-refractivity contribution in [3.63, 3.8) is 0 Å². The molecule has 0 aromatic rings. The van der Waals surface area contributed by atoms with E-state index in [0.717, 1.165) is 12.8 Å². The van der Waals surface area contributed by atoms with Crippen molar-refractivity contribution in [2.75, 3.05) is 56.0 Å². The van der Waals surface area contributed by atoms with Crippen molar-refractivity contribution in [3.8, 4) is 0 Å². The van der Waals surface area contributed by atoms with Crippen LogP contribution in [0.25, 0.3) is 0 Å². The molecule has 1 atom stereocenters. The molecule has 41 heavy (non-hydrogen) atoms. The minimum Gasteiger partial charge on any atom is -0.465 e. The standard InChI is InChI=1S/C17H28O8S4.C9H18O2S/c18-13(1-5-26)22-9-17(10-23-14(19)2-6-27,11-24-15(20)3-7-28)12-25-16(21)4-8-29;1-3-5-6-8(4-2)7-11-9(10)12/h26-29H,1-12H2;8H,3-7H2,1-2H3,(H,10,12). The van der Waals surface area contributed by atoms with Crippen LogP contribution in [0.15, 0.2) is 0 Å². The summed E-state index contributed by atoms with van der Waals surface area (Å²) in [5.41, 5.74) is -1.25. The Kier molecular flexibility index (Phi) is 28.7. The van der Waals surface area contributed by atoms with Crippen LogP contribution < -0.4 is 0 Å². The van der Waals surface area contributed by atoms with Gasteiger partial charge in [0.2, 0.25) is 0 Å². The smallest absolute Gasteiger partial charge is 0.364 e. The molecule has 0 aliphatic heterocycles. The topological polar surface area (TPSA) is 132 Å². The van der Waals surface area contributed by atoms with Gasteiger partial charge in [0.1, 0.15) is 31.8 Å². The highest BCUT2D eigenvalue weighted by Gasteiger charge is 2.37. The second-order valence-corrected chi connectivity index (χ2v) is 11.2. The minimum atomic E-state index is -1.25. The second-order valence-electron chi connectivity index (χ2n) is 9.03. The number of thiol groups is 5. The van der Waals surface area contributed by atoms with Crippen LogP contribution >= 0.6 is 63.1 Å². The molecular formula is C26H46O10S5. The number of ether oxygens (including phenoxy) is 5. The second kappa shape index (κ2) is 27.9. The predicted octanol–water partition coefficient (Wildman–Crippen LogP) is 4.69. The average molecular weight is 679 g/mol. The van der Waals surface area contributed by atoms with Crippen molar-refractivity contribution < 1.29 is 47.7 Å². The van der Waals surface area contributed by atoms with E-state index in [4.69, 9.17) is 23.7 Å². The van der Waals surface area contributed by atoms with Crippen molar-refractivity contribution >= 4 is 92.3 Å². The lowest BCUT2D eigenvalue weighted by Gasteiger charge is -2.31. The van der Waals surface area contributed by atoms with Gasteiger partial charge in [0.15, 0.2) is 0 Å². The van der Waals surface area contributed by atoms with Crippen molar-refractivity contribution in [1.29, 1.82) is 0 Å². The van der Waals surface area contributed by atoms with E-state index < -0.39 is 34.6 Å². The van der Waals surface area contributed by atoms with Crippen LogP contribution in [0.2, 0.25) is 0 Å². The van der Waals surface area contributed by atoms with Crippen LogP contribution in [0.3, 0.4) is 0 Å². The van der Waals surface area contributed by atoms with E-state index in [1.807, 2.05) is 0 Å². The lowest BCUT2D eigenvalue weighted by Crippen LogP contribution is -2.44. The Morgan fingerprint density at radius 1 is 0.610 bits per heavy atom. The molecule has 1 unspecified atom stereocenters. The molecule has 0 aromatic heterocycles. The van der Waals surface area contributed by atoms with Crippen LogP contribution in [0.5, 0.6) is 0 Å². The van der Waals surface area contributed by atoms with Gasteiger partial charge in [-0.1, -0.05) is 45.7 Å². The van der Waals surface area contributed by atoms with Crippen LogP contribution in [0, 0.1) is 11.3 Å². The molecule has 0 aliphatic carbocycles. The SMILES string of the molecule is CCCCC(CC)COC(=O)S.O=C(CCS)OCC(COC(=O)CCS)(COC(=O)CCS)COC(=O)CCS. The van der Waals surface area contributed by atoms with Crippen LogP contribution in [0.1, 0.15) is 65.2 Å². The van der Waals surface area contributed by atoms with E-state index in [1.165, 1.54) is 12.8 Å². The first-order valence-electron chi connectivity index (χ1n) is 13.4. The maximum absolute atomic E-state index is 11.8. The summed E-state index contributed by atoms with van der Waals surface area (Å²) in [7, 11) is 0. The Morgan fingerprint density at radius 2 is 0.951 bits per heavy atom. The molecule has 0 aliphatic rings. The molecule has 15 heteroatoms. The largest absolute Gasteiger partial charge is 0.465 e. The molecular weight excluding hydrogens is 633 g/mol. The monoisotopic (exact) mass is 678 g/mol. The molecule has 0 fully saturated rings. The molecule has 0 amide bonds. The number of hydrogen-bond acceptors (Lipinski definition) is 14. The molecule has 0 saturated carbocycles. The summed E-state index contributed by atoms with van der Waals surface area (Å²) in [6, 6.07) is 0. The highest BCUT2D eigenvalue weighted by Crippen LogP contribution is 2.22. The Bertz CT molecular complexity index is 661. The van der Waals surface area contributed by atoms with E-state index in [1.54, 1.807) is 0 Å². The summed E-state index contributed by atoms with van der Waals surface area (Å²) in [5.74, 6) is -0.464. The first-order valence-corrected chi connectivity index (χ1v) is 16.4. The van der Waals surface area contributed by atoms with Crippen molar-refractivity contribution in [3.05, 3.63) is 0 Å². The van der Waals surface area contributed by atoms with Gasteiger partial charge >= 0.3 is 29.2 Å². The van der Waals surface area contributed by atoms with Gasteiger partial charge in [0, 0.05) is 23.0 Å². The van der Waals surface area contributed by atoms with E-state index in [-0.39, 0.29) is 75.1 Å². The first-order chi connectivity index (χ1) is 19.5. The lowest BCUT2D eigenvalue weighted by atomic mass is 9.92. The summed E-state index contributed by atoms with van der Waals surface area (Å²) in [6.45, 7) is 3.68. The van der Waals surface area contributed by atoms with Gasteiger partial charge in [-0.15, -0.1) is 0 Å². The molecule has 0 bridgehead atoms. The highest BCUT2D eigenvalue weighted by molar-refractivity contribution is 7.96. The molecule has 0 spiro atoms. The van der Waals surface area contributed by atoms with Gasteiger partial charge in [-0.05, 0) is 12.3 Å². The van der Waals surface area contributed by atoms with Gasteiger partial charge < -0.3 is 23.7 Å². The number of carbonyl (C=O) groups is 5. The number of hydrogen-bond donors (Lipinski definition) is 5. The Balaban J connectivity index is 0. The molecule has 0 radical (unpaired) electrons. The number of unbranched alkanes of at least 4 members (excludes halogenated alkanes) is 1. The minimum absolute atomic E-state index is 0.0670. The fourth-order valence-corrected chi connectivity index (χ4v) is 3.73. The number of rotatable bonds is 22. The third-order valence-corrected chi connectivity index (χ3v) is 6.43. The van der Waals surface area contributed by atoms with Crippen molar-refractivity contribution in [2.24, 2.45) is 11.3 Å². The van der Waals surface area contributed by atoms with E-state index in [9.17, 15) is 24.0 Å². The van der Waals surface area contributed by atoms with E-state index >= 15 is 0 Å². The number of esters is 4. The van der Waals surface area contributed by atoms with E-state index in [2.05, 4.69) is 77.0 Å². The van der Waals surface area contributed by atoms with Crippen LogP contribution in [-0.4, -0.2) is 85.2 Å². The maximum atomic E-state index is 11.8. The summed E-state index contributed by atoms with van der Waals surface area (Å²) in [5, 5.41) is -0.468. The fraction of sp³-hybridized carbons (Fsp3) is 0.808. The van der Waals surface area contributed by atoms with Crippen molar-refractivity contribution in [1.82, 2.24) is 0 Å². The van der Waals surface area contributed by atoms with Crippen molar-refractivity contribution in [2.45, 2.75) is 65.2 Å². The highest BCUT2D eigenvalue weighted by atomic mass is 32.1. The zero-order valence-corrected chi connectivity index (χ0v) is 28.4. The molecule has 10 nitrogen and oxygen atoms in total. The molecule has 0 heterocycles. The zero-order valence-electron chi connectivity index (χ0n) is 23.9. The molecule has 0 saturated heterocycles.